The van der Waals surface area contributed by atoms with Crippen LogP contribution in [0.15, 0.2) is 58.9 Å². The third-order valence-electron chi connectivity index (χ3n) is 2.82. The van der Waals surface area contributed by atoms with Crippen LogP contribution in [0.2, 0.25) is 0 Å². The van der Waals surface area contributed by atoms with E-state index in [9.17, 15) is 0 Å². The summed E-state index contributed by atoms with van der Waals surface area (Å²) in [4.78, 5) is 4.66. The molecular formula is C15H13NS2. The Morgan fingerprint density at radius 3 is 2.50 bits per heavy atom. The van der Waals surface area contributed by atoms with Crippen molar-refractivity contribution in [2.24, 2.45) is 0 Å². The molecule has 1 heterocycles. The first-order valence-corrected chi connectivity index (χ1v) is 7.60. The molecule has 1 unspecified atom stereocenters. The second kappa shape index (κ2) is 5.12. The van der Waals surface area contributed by atoms with Gasteiger partial charge in [-0.2, -0.15) is 0 Å². The minimum absolute atomic E-state index is 0.437. The van der Waals surface area contributed by atoms with Gasteiger partial charge < -0.3 is 0 Å². The van der Waals surface area contributed by atoms with E-state index in [1.54, 1.807) is 11.3 Å². The second-order valence-electron chi connectivity index (χ2n) is 4.12. The predicted molar refractivity (Wildman–Crippen MR) is 80.3 cm³/mol. The van der Waals surface area contributed by atoms with Gasteiger partial charge in [-0.1, -0.05) is 54.2 Å². The molecule has 1 aromatic heterocycles. The Hall–Kier alpha value is -1.32. The van der Waals surface area contributed by atoms with E-state index in [4.69, 9.17) is 0 Å². The highest BCUT2D eigenvalue weighted by Gasteiger charge is 2.10. The minimum Gasteiger partial charge on any atom is -0.230 e. The number of hydrogen-bond donors (Lipinski definition) is 0. The topological polar surface area (TPSA) is 12.9 Å². The predicted octanol–water partition coefficient (Wildman–Crippen LogP) is 5.15. The number of aromatic nitrogens is 1. The molecule has 0 saturated heterocycles. The van der Waals surface area contributed by atoms with Crippen molar-refractivity contribution in [1.29, 1.82) is 0 Å². The van der Waals surface area contributed by atoms with E-state index in [2.05, 4.69) is 60.4 Å². The van der Waals surface area contributed by atoms with Crippen LogP contribution in [0.1, 0.15) is 17.7 Å². The van der Waals surface area contributed by atoms with Gasteiger partial charge in [0, 0.05) is 5.25 Å². The van der Waals surface area contributed by atoms with Gasteiger partial charge in [0.1, 0.15) is 0 Å². The molecule has 3 rings (SSSR count). The SMILES string of the molecule is CC(Sc1nc2ccccc2s1)c1ccccc1. The van der Waals surface area contributed by atoms with Crippen LogP contribution in [-0.2, 0) is 0 Å². The summed E-state index contributed by atoms with van der Waals surface area (Å²) in [6.45, 7) is 2.23. The smallest absolute Gasteiger partial charge is 0.151 e. The maximum atomic E-state index is 4.66. The fourth-order valence-electron chi connectivity index (χ4n) is 1.84. The summed E-state index contributed by atoms with van der Waals surface area (Å²) >= 11 is 3.60. The van der Waals surface area contributed by atoms with Gasteiger partial charge in [-0.05, 0) is 24.6 Å². The van der Waals surface area contributed by atoms with E-state index in [1.165, 1.54) is 10.3 Å². The maximum absolute atomic E-state index is 4.66. The molecule has 0 N–H and O–H groups in total. The Kier molecular flexibility index (Phi) is 3.35. The third-order valence-corrected chi connectivity index (χ3v) is 5.11. The first-order chi connectivity index (χ1) is 8.83. The summed E-state index contributed by atoms with van der Waals surface area (Å²) in [5.74, 6) is 0. The average molecular weight is 271 g/mol. The van der Waals surface area contributed by atoms with Gasteiger partial charge in [0.15, 0.2) is 4.34 Å². The average Bonchev–Trinajstić information content (AvgIpc) is 2.82. The normalized spacial score (nSPS) is 12.7. The quantitative estimate of drug-likeness (QED) is 0.611. The molecule has 90 valence electrons. The molecule has 1 nitrogen and oxygen atoms in total. The third kappa shape index (κ3) is 2.42. The van der Waals surface area contributed by atoms with Gasteiger partial charge in [0.05, 0.1) is 10.2 Å². The molecule has 0 bridgehead atoms. The summed E-state index contributed by atoms with van der Waals surface area (Å²) < 4.78 is 2.41. The zero-order valence-corrected chi connectivity index (χ0v) is 11.7. The number of thiazole rings is 1. The molecule has 0 spiro atoms. The lowest BCUT2D eigenvalue weighted by atomic mass is 10.2. The highest BCUT2D eigenvalue weighted by molar-refractivity contribution is 8.01. The van der Waals surface area contributed by atoms with Crippen LogP contribution in [-0.4, -0.2) is 4.98 Å². The second-order valence-corrected chi connectivity index (χ2v) is 6.74. The van der Waals surface area contributed by atoms with Crippen LogP contribution < -0.4 is 0 Å². The van der Waals surface area contributed by atoms with Crippen molar-refractivity contribution in [3.8, 4) is 0 Å². The maximum Gasteiger partial charge on any atom is 0.151 e. The van der Waals surface area contributed by atoms with E-state index < -0.39 is 0 Å². The van der Waals surface area contributed by atoms with Crippen LogP contribution in [0, 0.1) is 0 Å². The Balaban J connectivity index is 1.84. The first kappa shape index (κ1) is 11.8. The number of benzene rings is 2. The van der Waals surface area contributed by atoms with Gasteiger partial charge in [-0.15, -0.1) is 11.3 Å². The van der Waals surface area contributed by atoms with Crippen LogP contribution in [0.25, 0.3) is 10.2 Å². The zero-order valence-electron chi connectivity index (χ0n) is 10.0. The minimum atomic E-state index is 0.437. The molecule has 1 atom stereocenters. The van der Waals surface area contributed by atoms with E-state index in [0.29, 0.717) is 5.25 Å². The van der Waals surface area contributed by atoms with Crippen LogP contribution in [0.5, 0.6) is 0 Å². The standard InChI is InChI=1S/C15H13NS2/c1-11(12-7-3-2-4-8-12)17-15-16-13-9-5-6-10-14(13)18-15/h2-11H,1H3. The Labute approximate surface area is 115 Å². The number of para-hydroxylation sites is 1. The van der Waals surface area contributed by atoms with Crippen molar-refractivity contribution in [3.63, 3.8) is 0 Å². The largest absolute Gasteiger partial charge is 0.230 e. The molecule has 3 heteroatoms. The van der Waals surface area contributed by atoms with Gasteiger partial charge >= 0.3 is 0 Å². The number of hydrogen-bond acceptors (Lipinski definition) is 3. The van der Waals surface area contributed by atoms with Crippen molar-refractivity contribution in [2.75, 3.05) is 0 Å². The first-order valence-electron chi connectivity index (χ1n) is 5.90. The molecule has 0 aliphatic carbocycles. The highest BCUT2D eigenvalue weighted by atomic mass is 32.2. The molecule has 0 aliphatic rings. The van der Waals surface area contributed by atoms with Crippen molar-refractivity contribution in [3.05, 3.63) is 60.2 Å². The van der Waals surface area contributed by atoms with Crippen LogP contribution in [0.3, 0.4) is 0 Å². The highest BCUT2D eigenvalue weighted by Crippen LogP contribution is 2.38. The molecule has 0 fully saturated rings. The number of nitrogens with zero attached hydrogens (tertiary/aromatic N) is 1. The van der Waals surface area contributed by atoms with Crippen LogP contribution >= 0.6 is 23.1 Å². The van der Waals surface area contributed by atoms with Crippen LogP contribution in [0.4, 0.5) is 0 Å². The Bertz CT molecular complexity index is 613. The summed E-state index contributed by atoms with van der Waals surface area (Å²) in [7, 11) is 0. The van der Waals surface area contributed by atoms with E-state index >= 15 is 0 Å². The van der Waals surface area contributed by atoms with Gasteiger partial charge in [0.25, 0.3) is 0 Å². The zero-order chi connectivity index (χ0) is 12.4. The number of fused-ring (bicyclic) bond motifs is 1. The molecule has 0 radical (unpaired) electrons. The number of thioether (sulfide) groups is 1. The lowest BCUT2D eigenvalue weighted by molar-refractivity contribution is 1.09. The van der Waals surface area contributed by atoms with E-state index in [0.717, 1.165) is 9.86 Å². The Morgan fingerprint density at radius 1 is 1.00 bits per heavy atom. The number of rotatable bonds is 3. The summed E-state index contributed by atoms with van der Waals surface area (Å²) in [6, 6.07) is 18.9. The van der Waals surface area contributed by atoms with E-state index in [1.807, 2.05) is 17.8 Å². The van der Waals surface area contributed by atoms with Gasteiger partial charge in [-0.25, -0.2) is 4.98 Å². The van der Waals surface area contributed by atoms with E-state index in [-0.39, 0.29) is 0 Å². The van der Waals surface area contributed by atoms with Gasteiger partial charge in [-0.3, -0.25) is 0 Å². The fraction of sp³-hybridized carbons (Fsp3) is 0.133. The monoisotopic (exact) mass is 271 g/mol. The lowest BCUT2D eigenvalue weighted by Gasteiger charge is -2.08. The van der Waals surface area contributed by atoms with Crippen molar-refractivity contribution < 1.29 is 0 Å². The summed E-state index contributed by atoms with van der Waals surface area (Å²) in [5.41, 5.74) is 2.45. The summed E-state index contributed by atoms with van der Waals surface area (Å²) in [6.07, 6.45) is 0. The lowest BCUT2D eigenvalue weighted by Crippen LogP contribution is -1.86. The molecule has 18 heavy (non-hydrogen) atoms. The molecule has 3 aromatic rings. The molecular weight excluding hydrogens is 258 g/mol. The summed E-state index contributed by atoms with van der Waals surface area (Å²) in [5, 5.41) is 0.437. The van der Waals surface area contributed by atoms with Crippen molar-refractivity contribution >= 4 is 33.3 Å². The molecule has 0 aliphatic heterocycles. The molecule has 0 saturated carbocycles. The van der Waals surface area contributed by atoms with Crippen molar-refractivity contribution in [1.82, 2.24) is 4.98 Å². The Morgan fingerprint density at radius 2 is 1.72 bits per heavy atom. The molecule has 2 aromatic carbocycles. The molecule has 0 amide bonds. The van der Waals surface area contributed by atoms with Crippen molar-refractivity contribution in [2.45, 2.75) is 16.5 Å². The van der Waals surface area contributed by atoms with Gasteiger partial charge in [0.2, 0.25) is 0 Å². The fourth-order valence-corrected chi connectivity index (χ4v) is 4.18.